The zero-order chi connectivity index (χ0) is 24.6. The Morgan fingerprint density at radius 3 is 1.67 bits per heavy atom. The van der Waals surface area contributed by atoms with Crippen LogP contribution in [0.4, 0.5) is 0 Å². The van der Waals surface area contributed by atoms with Gasteiger partial charge in [-0.2, -0.15) is 0 Å². The van der Waals surface area contributed by atoms with Crippen molar-refractivity contribution in [3.63, 3.8) is 0 Å². The molecule has 0 saturated heterocycles. The highest BCUT2D eigenvalue weighted by atomic mass is 16.5. The van der Waals surface area contributed by atoms with Crippen LogP contribution in [-0.2, 0) is 9.53 Å². The molecular weight excluding hydrogens is 406 g/mol. The minimum Gasteiger partial charge on any atom is -0.461 e. The molecule has 0 fully saturated rings. The molecular formula is C30H59NO2. The maximum absolute atomic E-state index is 11.7. The smallest absolute Gasteiger partial charge is 0.333 e. The van der Waals surface area contributed by atoms with Crippen LogP contribution in [0.15, 0.2) is 12.2 Å². The first-order chi connectivity index (χ1) is 16.1. The number of carbonyl (C=O) groups is 1. The van der Waals surface area contributed by atoms with Crippen LogP contribution in [0.25, 0.3) is 0 Å². The molecule has 0 radical (unpaired) electrons. The van der Waals surface area contributed by atoms with Gasteiger partial charge in [0.05, 0.1) is 0 Å². The highest BCUT2D eigenvalue weighted by Gasteiger charge is 2.20. The molecule has 2 unspecified atom stereocenters. The average molecular weight is 466 g/mol. The van der Waals surface area contributed by atoms with Crippen LogP contribution >= 0.6 is 0 Å². The van der Waals surface area contributed by atoms with E-state index in [1.54, 1.807) is 6.92 Å². The summed E-state index contributed by atoms with van der Waals surface area (Å²) in [4.78, 5) is 11.7. The maximum Gasteiger partial charge on any atom is 0.333 e. The molecule has 3 heteroatoms. The summed E-state index contributed by atoms with van der Waals surface area (Å²) in [5.41, 5.74) is 0.480. The summed E-state index contributed by atoms with van der Waals surface area (Å²) in [5.74, 6) is 0.475. The van der Waals surface area contributed by atoms with E-state index in [1.165, 1.54) is 122 Å². The van der Waals surface area contributed by atoms with Crippen LogP contribution in [0.5, 0.6) is 0 Å². The molecule has 1 N–H and O–H groups in total. The summed E-state index contributed by atoms with van der Waals surface area (Å²) in [6.07, 6.45) is 25.7. The number of hydrogen-bond donors (Lipinski definition) is 1. The van der Waals surface area contributed by atoms with E-state index >= 15 is 0 Å². The highest BCUT2D eigenvalue weighted by molar-refractivity contribution is 5.86. The molecule has 0 bridgehead atoms. The van der Waals surface area contributed by atoms with Crippen molar-refractivity contribution in [2.24, 2.45) is 5.92 Å². The Balaban J connectivity index is 4.52. The lowest BCUT2D eigenvalue weighted by Crippen LogP contribution is -2.38. The molecule has 0 amide bonds. The third-order valence-corrected chi connectivity index (χ3v) is 6.88. The highest BCUT2D eigenvalue weighted by Crippen LogP contribution is 2.25. The minimum absolute atomic E-state index is 0.273. The normalized spacial score (nSPS) is 13.1. The number of carbonyl (C=O) groups excluding carboxylic acids is 1. The van der Waals surface area contributed by atoms with Crippen molar-refractivity contribution in [3.8, 4) is 0 Å². The fraction of sp³-hybridized carbons (Fsp3) is 0.900. The molecule has 33 heavy (non-hydrogen) atoms. The van der Waals surface area contributed by atoms with Gasteiger partial charge in [-0.15, -0.1) is 0 Å². The summed E-state index contributed by atoms with van der Waals surface area (Å²) in [5, 5.41) is 3.79. The van der Waals surface area contributed by atoms with E-state index in [-0.39, 0.29) is 5.97 Å². The molecule has 0 rings (SSSR count). The zero-order valence-electron chi connectivity index (χ0n) is 23.0. The van der Waals surface area contributed by atoms with Crippen molar-refractivity contribution >= 4 is 5.97 Å². The second-order valence-electron chi connectivity index (χ2n) is 10.2. The lowest BCUT2D eigenvalue weighted by Gasteiger charge is -2.29. The van der Waals surface area contributed by atoms with Gasteiger partial charge in [0.1, 0.15) is 6.61 Å². The Morgan fingerprint density at radius 2 is 1.15 bits per heavy atom. The van der Waals surface area contributed by atoms with Gasteiger partial charge in [-0.3, -0.25) is 0 Å². The Morgan fingerprint density at radius 1 is 0.697 bits per heavy atom. The first-order valence-electron chi connectivity index (χ1n) is 14.6. The lowest BCUT2D eigenvalue weighted by atomic mass is 9.85. The van der Waals surface area contributed by atoms with Gasteiger partial charge in [0.15, 0.2) is 0 Å². The molecule has 0 aliphatic heterocycles. The van der Waals surface area contributed by atoms with E-state index in [4.69, 9.17) is 4.74 Å². The molecule has 0 aliphatic carbocycles. The Kier molecular flexibility index (Phi) is 23.7. The predicted octanol–water partition coefficient (Wildman–Crippen LogP) is 9.15. The van der Waals surface area contributed by atoms with Crippen LogP contribution < -0.4 is 5.32 Å². The summed E-state index contributed by atoms with van der Waals surface area (Å²) in [6, 6.07) is 0.552. The summed E-state index contributed by atoms with van der Waals surface area (Å²) in [7, 11) is 0. The van der Waals surface area contributed by atoms with Crippen molar-refractivity contribution < 1.29 is 9.53 Å². The van der Waals surface area contributed by atoms with E-state index < -0.39 is 0 Å². The van der Waals surface area contributed by atoms with Crippen molar-refractivity contribution in [1.82, 2.24) is 5.32 Å². The van der Waals surface area contributed by atoms with Crippen molar-refractivity contribution in [3.05, 3.63) is 12.2 Å². The number of unbranched alkanes of at least 4 members (excludes halogenated alkanes) is 13. The van der Waals surface area contributed by atoms with E-state index in [9.17, 15) is 4.79 Å². The Bertz CT molecular complexity index is 449. The van der Waals surface area contributed by atoms with Crippen molar-refractivity contribution in [2.45, 2.75) is 156 Å². The van der Waals surface area contributed by atoms with Gasteiger partial charge in [0.25, 0.3) is 0 Å². The lowest BCUT2D eigenvalue weighted by molar-refractivity contribution is -0.138. The van der Waals surface area contributed by atoms with E-state index in [2.05, 4.69) is 32.7 Å². The van der Waals surface area contributed by atoms with Gasteiger partial charge < -0.3 is 10.1 Å². The monoisotopic (exact) mass is 465 g/mol. The predicted molar refractivity (Wildman–Crippen MR) is 146 cm³/mol. The molecule has 0 aromatic rings. The second-order valence-corrected chi connectivity index (χ2v) is 10.2. The Labute approximate surface area is 207 Å². The van der Waals surface area contributed by atoms with Gasteiger partial charge in [-0.1, -0.05) is 130 Å². The van der Waals surface area contributed by atoms with Gasteiger partial charge >= 0.3 is 5.97 Å². The molecule has 0 aromatic carbocycles. The topological polar surface area (TPSA) is 38.3 Å². The SMILES string of the molecule is C=C(C)C(=O)OCCNC(CCCCCCC)C(CCCC)CCCCCCCCCCC. The fourth-order valence-corrected chi connectivity index (χ4v) is 4.71. The quantitative estimate of drug-likeness (QED) is 0.0829. The molecule has 3 nitrogen and oxygen atoms in total. The number of esters is 1. The minimum atomic E-state index is -0.273. The van der Waals surface area contributed by atoms with Gasteiger partial charge in [0.2, 0.25) is 0 Å². The molecule has 0 aliphatic rings. The Hall–Kier alpha value is -0.830. The summed E-state index contributed by atoms with van der Waals surface area (Å²) < 4.78 is 5.33. The molecule has 0 aromatic heterocycles. The van der Waals surface area contributed by atoms with E-state index in [0.717, 1.165) is 12.5 Å². The standard InChI is InChI=1S/C30H59NO2/c1-6-9-12-14-15-16-17-19-20-23-28(22-11-8-3)29(24-21-18-13-10-7-2)31-25-26-33-30(32)27(4)5/h28-29,31H,4,6-26H2,1-3,5H3. The third kappa shape index (κ3) is 20.3. The van der Waals surface area contributed by atoms with Crippen LogP contribution in [-0.4, -0.2) is 25.2 Å². The van der Waals surface area contributed by atoms with Crippen LogP contribution in [0.1, 0.15) is 150 Å². The van der Waals surface area contributed by atoms with Gasteiger partial charge in [-0.05, 0) is 32.1 Å². The number of rotatable bonds is 25. The first kappa shape index (κ1) is 32.2. The number of nitrogens with one attached hydrogen (secondary N) is 1. The molecule has 196 valence electrons. The van der Waals surface area contributed by atoms with E-state index in [0.29, 0.717) is 18.2 Å². The van der Waals surface area contributed by atoms with Crippen molar-refractivity contribution in [2.75, 3.05) is 13.2 Å². The van der Waals surface area contributed by atoms with Crippen LogP contribution in [0.2, 0.25) is 0 Å². The van der Waals surface area contributed by atoms with Gasteiger partial charge in [0, 0.05) is 18.2 Å². The first-order valence-corrected chi connectivity index (χ1v) is 14.6. The average Bonchev–Trinajstić information content (AvgIpc) is 2.81. The summed E-state index contributed by atoms with van der Waals surface area (Å²) >= 11 is 0. The fourth-order valence-electron chi connectivity index (χ4n) is 4.71. The maximum atomic E-state index is 11.7. The largest absolute Gasteiger partial charge is 0.461 e. The molecule has 0 spiro atoms. The van der Waals surface area contributed by atoms with Crippen LogP contribution in [0.3, 0.4) is 0 Å². The number of ether oxygens (including phenoxy) is 1. The summed E-state index contributed by atoms with van der Waals surface area (Å²) in [6.45, 7) is 13.4. The molecule has 0 heterocycles. The molecule has 2 atom stereocenters. The van der Waals surface area contributed by atoms with Crippen LogP contribution in [0, 0.1) is 5.92 Å². The van der Waals surface area contributed by atoms with Gasteiger partial charge in [-0.25, -0.2) is 4.79 Å². The van der Waals surface area contributed by atoms with Crippen molar-refractivity contribution in [1.29, 1.82) is 0 Å². The van der Waals surface area contributed by atoms with E-state index in [1.807, 2.05) is 0 Å². The second kappa shape index (κ2) is 24.3. The zero-order valence-corrected chi connectivity index (χ0v) is 23.0. The third-order valence-electron chi connectivity index (χ3n) is 6.88. The number of hydrogen-bond acceptors (Lipinski definition) is 3. The molecule has 0 saturated carbocycles.